The minimum Gasteiger partial charge on any atom is -0.379 e. The number of methoxy groups -OCH3 is 1. The molecular formula is C16H29N3O4. The average Bonchev–Trinajstić information content (AvgIpc) is 2.49. The summed E-state index contributed by atoms with van der Waals surface area (Å²) in [4.78, 5) is 38.5. The van der Waals surface area contributed by atoms with Crippen LogP contribution in [0.5, 0.6) is 0 Å². The molecular weight excluding hydrogens is 298 g/mol. The zero-order valence-electron chi connectivity index (χ0n) is 15.0. The van der Waals surface area contributed by atoms with E-state index in [0.29, 0.717) is 12.8 Å². The minimum absolute atomic E-state index is 0.00687. The summed E-state index contributed by atoms with van der Waals surface area (Å²) in [5.41, 5.74) is 4.80. The molecule has 132 valence electrons. The van der Waals surface area contributed by atoms with Crippen molar-refractivity contribution < 1.29 is 19.1 Å². The third kappa shape index (κ3) is 6.02. The minimum atomic E-state index is -0.858. The standard InChI is InChI=1S/C16H29N3O4/c1-8-9-13(20)18(5)11(2)15(22)19(6)12(14(17)21)10-16(3,4)23-7/h12H,2,8-10H2,1,3-7H3,(H2,17,21)/t12-/m0/s1. The second-order valence-electron chi connectivity index (χ2n) is 6.15. The summed E-state index contributed by atoms with van der Waals surface area (Å²) in [5.74, 6) is -1.36. The Kier molecular flexibility index (Phi) is 7.95. The maximum absolute atomic E-state index is 12.5. The van der Waals surface area contributed by atoms with Crippen LogP contribution in [-0.2, 0) is 19.1 Å². The largest absolute Gasteiger partial charge is 0.379 e. The van der Waals surface area contributed by atoms with Gasteiger partial charge in [0.05, 0.1) is 5.60 Å². The molecule has 1 atom stereocenters. The molecule has 0 spiro atoms. The van der Waals surface area contributed by atoms with Gasteiger partial charge >= 0.3 is 0 Å². The number of likely N-dealkylation sites (N-methyl/N-ethyl adjacent to an activating group) is 2. The summed E-state index contributed by atoms with van der Waals surface area (Å²) in [6.45, 7) is 9.14. The molecule has 0 aromatic heterocycles. The Labute approximate surface area is 138 Å². The van der Waals surface area contributed by atoms with E-state index < -0.39 is 23.5 Å². The molecule has 0 unspecified atom stereocenters. The van der Waals surface area contributed by atoms with Crippen molar-refractivity contribution >= 4 is 17.7 Å². The molecule has 0 saturated carbocycles. The molecule has 0 aliphatic rings. The third-order valence-corrected chi connectivity index (χ3v) is 3.84. The molecule has 7 heteroatoms. The number of rotatable bonds is 9. The highest BCUT2D eigenvalue weighted by molar-refractivity contribution is 5.98. The first-order valence-corrected chi connectivity index (χ1v) is 7.55. The van der Waals surface area contributed by atoms with Crippen LogP contribution in [0.2, 0.25) is 0 Å². The number of carbonyl (C=O) groups is 3. The number of primary amides is 1. The highest BCUT2D eigenvalue weighted by Gasteiger charge is 2.33. The molecule has 0 aliphatic heterocycles. The molecule has 0 heterocycles. The van der Waals surface area contributed by atoms with Gasteiger partial charge in [0.15, 0.2) is 0 Å². The van der Waals surface area contributed by atoms with Gasteiger partial charge in [-0.05, 0) is 20.3 Å². The average molecular weight is 327 g/mol. The van der Waals surface area contributed by atoms with Crippen LogP contribution in [0.4, 0.5) is 0 Å². The predicted molar refractivity (Wildman–Crippen MR) is 88.3 cm³/mol. The summed E-state index contributed by atoms with van der Waals surface area (Å²) < 4.78 is 5.29. The van der Waals surface area contributed by atoms with Crippen LogP contribution >= 0.6 is 0 Å². The maximum Gasteiger partial charge on any atom is 0.270 e. The maximum atomic E-state index is 12.5. The molecule has 0 aliphatic carbocycles. The van der Waals surface area contributed by atoms with Crippen molar-refractivity contribution in [1.29, 1.82) is 0 Å². The topological polar surface area (TPSA) is 92.9 Å². The lowest BCUT2D eigenvalue weighted by atomic mass is 9.97. The molecule has 0 rings (SSSR count). The quantitative estimate of drug-likeness (QED) is 0.636. The lowest BCUT2D eigenvalue weighted by Crippen LogP contribution is -2.51. The molecule has 2 N–H and O–H groups in total. The number of amides is 3. The van der Waals surface area contributed by atoms with E-state index in [0.717, 1.165) is 0 Å². The van der Waals surface area contributed by atoms with Gasteiger partial charge in [-0.1, -0.05) is 13.5 Å². The van der Waals surface area contributed by atoms with Gasteiger partial charge in [-0.2, -0.15) is 0 Å². The third-order valence-electron chi connectivity index (χ3n) is 3.84. The first-order valence-electron chi connectivity index (χ1n) is 7.55. The van der Waals surface area contributed by atoms with E-state index in [1.807, 2.05) is 6.92 Å². The summed E-state index contributed by atoms with van der Waals surface area (Å²) in [7, 11) is 4.48. The van der Waals surface area contributed by atoms with Crippen molar-refractivity contribution in [2.24, 2.45) is 5.73 Å². The number of carbonyl (C=O) groups excluding carboxylic acids is 3. The van der Waals surface area contributed by atoms with Gasteiger partial charge in [0.25, 0.3) is 5.91 Å². The van der Waals surface area contributed by atoms with Crippen molar-refractivity contribution in [1.82, 2.24) is 9.80 Å². The van der Waals surface area contributed by atoms with Crippen LogP contribution in [0.15, 0.2) is 12.3 Å². The van der Waals surface area contributed by atoms with Crippen LogP contribution in [0.25, 0.3) is 0 Å². The highest BCUT2D eigenvalue weighted by Crippen LogP contribution is 2.20. The van der Waals surface area contributed by atoms with Gasteiger partial charge in [-0.3, -0.25) is 14.4 Å². The summed E-state index contributed by atoms with van der Waals surface area (Å²) in [6, 6.07) is -0.858. The summed E-state index contributed by atoms with van der Waals surface area (Å²) >= 11 is 0. The van der Waals surface area contributed by atoms with E-state index in [4.69, 9.17) is 10.5 Å². The molecule has 0 fully saturated rings. The molecule has 7 nitrogen and oxygen atoms in total. The van der Waals surface area contributed by atoms with Crippen molar-refractivity contribution in [3.8, 4) is 0 Å². The molecule has 23 heavy (non-hydrogen) atoms. The van der Waals surface area contributed by atoms with Crippen LogP contribution in [0, 0.1) is 0 Å². The van der Waals surface area contributed by atoms with E-state index in [-0.39, 0.29) is 18.0 Å². The lowest BCUT2D eigenvalue weighted by Gasteiger charge is -2.33. The fraction of sp³-hybridized carbons (Fsp3) is 0.688. The second-order valence-corrected chi connectivity index (χ2v) is 6.15. The van der Waals surface area contributed by atoms with Crippen LogP contribution in [0.3, 0.4) is 0 Å². The Morgan fingerprint density at radius 2 is 1.78 bits per heavy atom. The van der Waals surface area contributed by atoms with Gasteiger partial charge in [0, 0.05) is 34.0 Å². The SMILES string of the molecule is C=C(C(=O)N(C)[C@@H](CC(C)(C)OC)C(N)=O)N(C)C(=O)CCC. The number of hydrogen-bond acceptors (Lipinski definition) is 4. The molecule has 0 aromatic carbocycles. The zero-order chi connectivity index (χ0) is 18.4. The van der Waals surface area contributed by atoms with Gasteiger partial charge < -0.3 is 20.3 Å². The van der Waals surface area contributed by atoms with Crippen LogP contribution in [-0.4, -0.2) is 60.4 Å². The zero-order valence-corrected chi connectivity index (χ0v) is 15.0. The van der Waals surface area contributed by atoms with Gasteiger partial charge in [0.2, 0.25) is 11.8 Å². The van der Waals surface area contributed by atoms with E-state index in [2.05, 4.69) is 6.58 Å². The summed E-state index contributed by atoms with van der Waals surface area (Å²) in [5, 5.41) is 0. The number of hydrogen-bond donors (Lipinski definition) is 1. The Hall–Kier alpha value is -1.89. The van der Waals surface area contributed by atoms with Gasteiger partial charge in [0.1, 0.15) is 11.7 Å². The molecule has 3 amide bonds. The summed E-state index contributed by atoms with van der Waals surface area (Å²) in [6.07, 6.45) is 1.23. The predicted octanol–water partition coefficient (Wildman–Crippen LogP) is 0.886. The van der Waals surface area contributed by atoms with Crippen LogP contribution < -0.4 is 5.73 Å². The first kappa shape index (κ1) is 21.1. The number of ether oxygens (including phenoxy) is 1. The molecule has 0 saturated heterocycles. The van der Waals surface area contributed by atoms with Crippen molar-refractivity contribution in [3.05, 3.63) is 12.3 Å². The molecule has 0 bridgehead atoms. The van der Waals surface area contributed by atoms with E-state index >= 15 is 0 Å². The van der Waals surface area contributed by atoms with Gasteiger partial charge in [-0.25, -0.2) is 0 Å². The first-order chi connectivity index (χ1) is 10.5. The van der Waals surface area contributed by atoms with Crippen molar-refractivity contribution in [2.75, 3.05) is 21.2 Å². The van der Waals surface area contributed by atoms with Crippen LogP contribution in [0.1, 0.15) is 40.0 Å². The second kappa shape index (κ2) is 8.67. The van der Waals surface area contributed by atoms with E-state index in [1.165, 1.54) is 31.0 Å². The monoisotopic (exact) mass is 327 g/mol. The molecule has 0 aromatic rings. The molecule has 0 radical (unpaired) electrons. The highest BCUT2D eigenvalue weighted by atomic mass is 16.5. The lowest BCUT2D eigenvalue weighted by molar-refractivity contribution is -0.140. The normalized spacial score (nSPS) is 12.4. The van der Waals surface area contributed by atoms with E-state index in [9.17, 15) is 14.4 Å². The smallest absolute Gasteiger partial charge is 0.270 e. The fourth-order valence-electron chi connectivity index (χ4n) is 2.00. The van der Waals surface area contributed by atoms with Gasteiger partial charge in [-0.15, -0.1) is 0 Å². The van der Waals surface area contributed by atoms with E-state index in [1.54, 1.807) is 13.8 Å². The number of nitrogens with two attached hydrogens (primary N) is 1. The fourth-order valence-corrected chi connectivity index (χ4v) is 2.00. The Morgan fingerprint density at radius 1 is 1.26 bits per heavy atom. The Morgan fingerprint density at radius 3 is 2.17 bits per heavy atom. The van der Waals surface area contributed by atoms with Crippen molar-refractivity contribution in [2.45, 2.75) is 51.7 Å². The number of nitrogens with zero attached hydrogens (tertiary/aromatic N) is 2. The Balaban J connectivity index is 5.18. The Bertz CT molecular complexity index is 474. The van der Waals surface area contributed by atoms with Crippen molar-refractivity contribution in [3.63, 3.8) is 0 Å².